The van der Waals surface area contributed by atoms with E-state index in [2.05, 4.69) is 25.9 Å². The van der Waals surface area contributed by atoms with Crippen molar-refractivity contribution in [2.24, 2.45) is 12.8 Å². The van der Waals surface area contributed by atoms with E-state index < -0.39 is 6.10 Å². The van der Waals surface area contributed by atoms with E-state index >= 15 is 0 Å². The number of aryl methyl sites for hydroxylation is 1. The van der Waals surface area contributed by atoms with Gasteiger partial charge in [0.25, 0.3) is 0 Å². The number of rotatable bonds is 3. The van der Waals surface area contributed by atoms with Crippen LogP contribution in [0.3, 0.4) is 0 Å². The summed E-state index contributed by atoms with van der Waals surface area (Å²) in [5, 5.41) is 13.9. The maximum atomic E-state index is 9.48. The maximum Gasteiger partial charge on any atom is 0.0717 e. The van der Waals surface area contributed by atoms with Gasteiger partial charge in [-0.15, -0.1) is 0 Å². The molecule has 4 nitrogen and oxygen atoms in total. The summed E-state index contributed by atoms with van der Waals surface area (Å²) in [6, 6.07) is 2.04. The molecule has 0 amide bonds. The number of hydrogen-bond donors (Lipinski definition) is 2. The molecule has 1 aromatic heterocycles. The number of nitrogens with zero attached hydrogens (tertiary/aromatic N) is 2. The van der Waals surface area contributed by atoms with Crippen LogP contribution in [0.2, 0.25) is 0 Å². The van der Waals surface area contributed by atoms with E-state index in [-0.39, 0.29) is 12.0 Å². The molecule has 3 N–H and O–H groups in total. The van der Waals surface area contributed by atoms with Crippen LogP contribution in [-0.4, -0.2) is 27.5 Å². The Bertz CT molecular complexity index is 325. The van der Waals surface area contributed by atoms with Gasteiger partial charge in [-0.25, -0.2) is 0 Å². The molecule has 1 unspecified atom stereocenters. The van der Waals surface area contributed by atoms with Gasteiger partial charge in [0.2, 0.25) is 0 Å². The maximum absolute atomic E-state index is 9.48. The molecule has 0 saturated carbocycles. The number of aliphatic hydroxyl groups is 1. The minimum atomic E-state index is -0.479. The van der Waals surface area contributed by atoms with E-state index in [4.69, 9.17) is 5.73 Å². The van der Waals surface area contributed by atoms with Crippen LogP contribution in [0.4, 0.5) is 0 Å². The zero-order valence-electron chi connectivity index (χ0n) is 9.99. The van der Waals surface area contributed by atoms with Crippen molar-refractivity contribution in [2.75, 3.05) is 6.54 Å². The van der Waals surface area contributed by atoms with Crippen LogP contribution in [0.15, 0.2) is 6.07 Å². The van der Waals surface area contributed by atoms with Crippen LogP contribution < -0.4 is 5.73 Å². The Morgan fingerprint density at radius 2 is 2.13 bits per heavy atom. The van der Waals surface area contributed by atoms with Crippen molar-refractivity contribution in [3.05, 3.63) is 17.5 Å². The van der Waals surface area contributed by atoms with Crippen molar-refractivity contribution in [3.8, 4) is 0 Å². The topological polar surface area (TPSA) is 64.1 Å². The van der Waals surface area contributed by atoms with Crippen molar-refractivity contribution in [1.29, 1.82) is 0 Å². The molecule has 1 heterocycles. The normalized spacial score (nSPS) is 14.3. The van der Waals surface area contributed by atoms with Gasteiger partial charge in [-0.1, -0.05) is 20.8 Å². The molecule has 0 fully saturated rings. The summed E-state index contributed by atoms with van der Waals surface area (Å²) in [5.41, 5.74) is 7.50. The molecular weight excluding hydrogens is 190 g/mol. The average Bonchev–Trinajstić information content (AvgIpc) is 2.47. The van der Waals surface area contributed by atoms with Gasteiger partial charge in [0.1, 0.15) is 0 Å². The Hall–Kier alpha value is -0.870. The smallest absolute Gasteiger partial charge is 0.0717 e. The van der Waals surface area contributed by atoms with Crippen molar-refractivity contribution in [3.63, 3.8) is 0 Å². The van der Waals surface area contributed by atoms with Crippen LogP contribution in [0.5, 0.6) is 0 Å². The Morgan fingerprint density at radius 3 is 2.53 bits per heavy atom. The van der Waals surface area contributed by atoms with Crippen LogP contribution in [0.1, 0.15) is 32.2 Å². The van der Waals surface area contributed by atoms with E-state index in [1.165, 1.54) is 0 Å². The van der Waals surface area contributed by atoms with E-state index in [1.54, 1.807) is 0 Å². The Balaban J connectivity index is 2.87. The molecule has 0 spiro atoms. The summed E-state index contributed by atoms with van der Waals surface area (Å²) in [5.74, 6) is 0. The molecule has 0 aromatic carbocycles. The minimum absolute atomic E-state index is 0.0453. The molecule has 0 bridgehead atoms. The van der Waals surface area contributed by atoms with Gasteiger partial charge in [-0.05, 0) is 6.07 Å². The first-order valence-corrected chi connectivity index (χ1v) is 5.26. The average molecular weight is 211 g/mol. The lowest BCUT2D eigenvalue weighted by Gasteiger charge is -2.13. The highest BCUT2D eigenvalue weighted by atomic mass is 16.3. The Kier molecular flexibility index (Phi) is 3.52. The number of hydrogen-bond acceptors (Lipinski definition) is 3. The van der Waals surface area contributed by atoms with Gasteiger partial charge in [0, 0.05) is 31.1 Å². The summed E-state index contributed by atoms with van der Waals surface area (Å²) in [7, 11) is 1.90. The highest BCUT2D eigenvalue weighted by Crippen LogP contribution is 2.21. The van der Waals surface area contributed by atoms with E-state index in [9.17, 15) is 5.11 Å². The van der Waals surface area contributed by atoms with Gasteiger partial charge in [0.15, 0.2) is 0 Å². The molecule has 0 aliphatic heterocycles. The molecular formula is C11H21N3O. The second kappa shape index (κ2) is 4.33. The highest BCUT2D eigenvalue weighted by Gasteiger charge is 2.19. The second-order valence-corrected chi connectivity index (χ2v) is 4.99. The molecule has 0 aliphatic carbocycles. The van der Waals surface area contributed by atoms with Crippen molar-refractivity contribution >= 4 is 0 Å². The Morgan fingerprint density at radius 1 is 1.53 bits per heavy atom. The predicted molar refractivity (Wildman–Crippen MR) is 60.7 cm³/mol. The first kappa shape index (κ1) is 12.2. The zero-order valence-corrected chi connectivity index (χ0v) is 9.99. The minimum Gasteiger partial charge on any atom is -0.391 e. The van der Waals surface area contributed by atoms with Crippen LogP contribution in [0, 0.1) is 0 Å². The monoisotopic (exact) mass is 211 g/mol. The molecule has 15 heavy (non-hydrogen) atoms. The van der Waals surface area contributed by atoms with E-state index in [0.29, 0.717) is 6.42 Å². The summed E-state index contributed by atoms with van der Waals surface area (Å²) < 4.78 is 1.82. The van der Waals surface area contributed by atoms with E-state index in [0.717, 1.165) is 11.4 Å². The number of aliphatic hydroxyl groups excluding tert-OH is 1. The fraction of sp³-hybridized carbons (Fsp3) is 0.727. The molecule has 4 heteroatoms. The van der Waals surface area contributed by atoms with Gasteiger partial charge in [-0.3, -0.25) is 4.68 Å². The van der Waals surface area contributed by atoms with Gasteiger partial charge in [-0.2, -0.15) is 5.10 Å². The standard InChI is InChI=1S/C11H21N3O/c1-11(2,3)10-6-8(14(4)13-10)5-9(15)7-12/h6,9,15H,5,7,12H2,1-4H3. The van der Waals surface area contributed by atoms with Crippen molar-refractivity contribution in [2.45, 2.75) is 38.7 Å². The molecule has 86 valence electrons. The zero-order chi connectivity index (χ0) is 11.6. The summed E-state index contributed by atoms with van der Waals surface area (Å²) >= 11 is 0. The molecule has 1 aromatic rings. The fourth-order valence-electron chi connectivity index (χ4n) is 1.39. The predicted octanol–water partition coefficient (Wildman–Crippen LogP) is 0.580. The third-order valence-electron chi connectivity index (χ3n) is 2.46. The van der Waals surface area contributed by atoms with Crippen LogP contribution >= 0.6 is 0 Å². The van der Waals surface area contributed by atoms with Crippen LogP contribution in [-0.2, 0) is 18.9 Å². The summed E-state index contributed by atoms with van der Waals surface area (Å²) in [6.07, 6.45) is 0.0871. The quantitative estimate of drug-likeness (QED) is 0.768. The van der Waals surface area contributed by atoms with Gasteiger partial charge >= 0.3 is 0 Å². The number of nitrogens with two attached hydrogens (primary N) is 1. The lowest BCUT2D eigenvalue weighted by molar-refractivity contribution is 0.181. The third-order valence-corrected chi connectivity index (χ3v) is 2.46. The van der Waals surface area contributed by atoms with Gasteiger partial charge < -0.3 is 10.8 Å². The lowest BCUT2D eigenvalue weighted by atomic mass is 9.92. The fourth-order valence-corrected chi connectivity index (χ4v) is 1.39. The largest absolute Gasteiger partial charge is 0.391 e. The van der Waals surface area contributed by atoms with Gasteiger partial charge in [0.05, 0.1) is 11.8 Å². The second-order valence-electron chi connectivity index (χ2n) is 4.99. The summed E-state index contributed by atoms with van der Waals surface area (Å²) in [6.45, 7) is 6.66. The third kappa shape index (κ3) is 3.04. The first-order valence-electron chi connectivity index (χ1n) is 5.26. The lowest BCUT2D eigenvalue weighted by Crippen LogP contribution is -2.23. The number of aromatic nitrogens is 2. The highest BCUT2D eigenvalue weighted by molar-refractivity contribution is 5.18. The van der Waals surface area contributed by atoms with Crippen LogP contribution in [0.25, 0.3) is 0 Å². The molecule has 1 atom stereocenters. The summed E-state index contributed by atoms with van der Waals surface area (Å²) in [4.78, 5) is 0. The van der Waals surface area contributed by atoms with Crippen molar-refractivity contribution < 1.29 is 5.11 Å². The molecule has 1 rings (SSSR count). The molecule has 0 aliphatic rings. The van der Waals surface area contributed by atoms with Crippen molar-refractivity contribution in [1.82, 2.24) is 9.78 Å². The SMILES string of the molecule is Cn1nc(C(C)(C)C)cc1CC(O)CN. The van der Waals surface area contributed by atoms with E-state index in [1.807, 2.05) is 17.8 Å². The first-order chi connectivity index (χ1) is 6.84. The Labute approximate surface area is 91.1 Å². The molecule has 0 saturated heterocycles. The molecule has 0 radical (unpaired) electrons.